The lowest BCUT2D eigenvalue weighted by atomic mass is 9.85. The van der Waals surface area contributed by atoms with Crippen LogP contribution >= 0.6 is 0 Å². The highest BCUT2D eigenvalue weighted by atomic mass is 16.2. The van der Waals surface area contributed by atoms with Gasteiger partial charge in [-0.15, -0.1) is 0 Å². The molecule has 1 N–H and O–H groups in total. The van der Waals surface area contributed by atoms with Crippen molar-refractivity contribution in [3.63, 3.8) is 0 Å². The van der Waals surface area contributed by atoms with Crippen LogP contribution in [0.1, 0.15) is 55.1 Å². The van der Waals surface area contributed by atoms with Gasteiger partial charge < -0.3 is 5.32 Å². The summed E-state index contributed by atoms with van der Waals surface area (Å²) in [5.74, 6) is 0.322. The number of rotatable bonds is 5. The van der Waals surface area contributed by atoms with Crippen LogP contribution in [0, 0.1) is 5.92 Å². The Balaban J connectivity index is 1.37. The maximum absolute atomic E-state index is 13.1. The van der Waals surface area contributed by atoms with Gasteiger partial charge in [-0.25, -0.2) is 4.79 Å². The number of nitrogens with zero attached hydrogens (tertiary/aromatic N) is 2. The molecule has 164 valence electrons. The van der Waals surface area contributed by atoms with E-state index in [1.807, 2.05) is 24.3 Å². The van der Waals surface area contributed by atoms with Crippen molar-refractivity contribution in [2.24, 2.45) is 5.92 Å². The SMILES string of the molecule is CC(C)(C)c1ccc(C(=O)C2CCCN(Cc3ccc(N4CCNC4=O)cc3)C2)cc1. The summed E-state index contributed by atoms with van der Waals surface area (Å²) in [6.07, 6.45) is 2.00. The van der Waals surface area contributed by atoms with Crippen LogP contribution in [0.25, 0.3) is 0 Å². The van der Waals surface area contributed by atoms with Crippen LogP contribution in [0.5, 0.6) is 0 Å². The van der Waals surface area contributed by atoms with Crippen LogP contribution in [0.15, 0.2) is 48.5 Å². The Kier molecular flexibility index (Phi) is 6.15. The van der Waals surface area contributed by atoms with Crippen molar-refractivity contribution < 1.29 is 9.59 Å². The second kappa shape index (κ2) is 8.83. The summed E-state index contributed by atoms with van der Waals surface area (Å²) >= 11 is 0. The molecule has 2 aromatic carbocycles. The molecule has 2 aliphatic rings. The van der Waals surface area contributed by atoms with Gasteiger partial charge in [0.1, 0.15) is 0 Å². The quantitative estimate of drug-likeness (QED) is 0.720. The maximum Gasteiger partial charge on any atom is 0.321 e. The van der Waals surface area contributed by atoms with Gasteiger partial charge in [0.25, 0.3) is 0 Å². The molecule has 0 spiro atoms. The molecule has 0 saturated carbocycles. The minimum absolute atomic E-state index is 0.0272. The molecule has 2 heterocycles. The first-order chi connectivity index (χ1) is 14.8. The van der Waals surface area contributed by atoms with Gasteiger partial charge in [-0.3, -0.25) is 14.6 Å². The molecule has 31 heavy (non-hydrogen) atoms. The van der Waals surface area contributed by atoms with E-state index in [1.165, 1.54) is 11.1 Å². The van der Waals surface area contributed by atoms with E-state index < -0.39 is 0 Å². The number of hydrogen-bond acceptors (Lipinski definition) is 3. The van der Waals surface area contributed by atoms with Crippen LogP contribution in [0.2, 0.25) is 0 Å². The van der Waals surface area contributed by atoms with Crippen molar-refractivity contribution in [3.8, 4) is 0 Å². The number of urea groups is 1. The Morgan fingerprint density at radius 3 is 2.35 bits per heavy atom. The monoisotopic (exact) mass is 419 g/mol. The summed E-state index contributed by atoms with van der Waals surface area (Å²) in [5.41, 5.74) is 4.32. The average Bonchev–Trinajstić information content (AvgIpc) is 3.19. The van der Waals surface area contributed by atoms with Crippen molar-refractivity contribution in [1.29, 1.82) is 0 Å². The molecule has 0 aromatic heterocycles. The number of carbonyl (C=O) groups excluding carboxylic acids is 2. The molecule has 0 bridgehead atoms. The number of ketones is 1. The molecular formula is C26H33N3O2. The van der Waals surface area contributed by atoms with Gasteiger partial charge in [-0.05, 0) is 48.1 Å². The lowest BCUT2D eigenvalue weighted by molar-refractivity contribution is 0.0811. The summed E-state index contributed by atoms with van der Waals surface area (Å²) in [4.78, 5) is 29.1. The molecule has 2 aromatic rings. The van der Waals surface area contributed by atoms with Crippen LogP contribution in [-0.4, -0.2) is 42.9 Å². The number of anilines is 1. The topological polar surface area (TPSA) is 52.7 Å². The third kappa shape index (κ3) is 4.99. The van der Waals surface area contributed by atoms with Gasteiger partial charge in [0, 0.05) is 43.3 Å². The molecule has 0 radical (unpaired) electrons. The zero-order valence-electron chi connectivity index (χ0n) is 18.9. The number of benzene rings is 2. The lowest BCUT2D eigenvalue weighted by Crippen LogP contribution is -2.38. The number of hydrogen-bond donors (Lipinski definition) is 1. The molecule has 2 amide bonds. The summed E-state index contributed by atoms with van der Waals surface area (Å²) in [6.45, 7) is 10.6. The van der Waals surface area contributed by atoms with Gasteiger partial charge in [0.2, 0.25) is 0 Å². The molecular weight excluding hydrogens is 386 g/mol. The highest BCUT2D eigenvalue weighted by Gasteiger charge is 2.27. The first-order valence-electron chi connectivity index (χ1n) is 11.3. The Bertz CT molecular complexity index is 929. The van der Waals surface area contributed by atoms with Gasteiger partial charge in [-0.1, -0.05) is 57.2 Å². The zero-order chi connectivity index (χ0) is 22.0. The minimum Gasteiger partial charge on any atom is -0.336 e. The van der Waals surface area contributed by atoms with E-state index in [0.717, 1.165) is 43.7 Å². The van der Waals surface area contributed by atoms with E-state index in [9.17, 15) is 9.59 Å². The fourth-order valence-electron chi connectivity index (χ4n) is 4.54. The van der Waals surface area contributed by atoms with Gasteiger partial charge in [0.15, 0.2) is 5.78 Å². The fraction of sp³-hybridized carbons (Fsp3) is 0.462. The second-order valence-electron chi connectivity index (χ2n) is 9.82. The van der Waals surface area contributed by atoms with Gasteiger partial charge >= 0.3 is 6.03 Å². The molecule has 1 atom stereocenters. The largest absolute Gasteiger partial charge is 0.336 e. The Labute approximate surface area is 185 Å². The molecule has 2 saturated heterocycles. The van der Waals surface area contributed by atoms with E-state index in [1.54, 1.807) is 4.90 Å². The second-order valence-corrected chi connectivity index (χ2v) is 9.82. The number of nitrogens with one attached hydrogen (secondary N) is 1. The maximum atomic E-state index is 13.1. The van der Waals surface area contributed by atoms with Gasteiger partial charge in [-0.2, -0.15) is 0 Å². The van der Waals surface area contributed by atoms with Gasteiger partial charge in [0.05, 0.1) is 0 Å². The third-order valence-corrected chi connectivity index (χ3v) is 6.42. The predicted molar refractivity (Wildman–Crippen MR) is 125 cm³/mol. The Morgan fingerprint density at radius 2 is 1.74 bits per heavy atom. The van der Waals surface area contributed by atoms with E-state index in [2.05, 4.69) is 55.3 Å². The van der Waals surface area contributed by atoms with E-state index in [0.29, 0.717) is 13.1 Å². The van der Waals surface area contributed by atoms with Crippen molar-refractivity contribution in [2.45, 2.75) is 45.6 Å². The van der Waals surface area contributed by atoms with Crippen molar-refractivity contribution in [1.82, 2.24) is 10.2 Å². The van der Waals surface area contributed by atoms with Crippen LogP contribution in [0.4, 0.5) is 10.5 Å². The molecule has 2 aliphatic heterocycles. The Hall–Kier alpha value is -2.66. The normalized spacial score (nSPS) is 20.0. The number of Topliss-reactive ketones (excluding diaryl/α,β-unsaturated/α-hetero) is 1. The lowest BCUT2D eigenvalue weighted by Gasteiger charge is -2.32. The van der Waals surface area contributed by atoms with Crippen LogP contribution in [0.3, 0.4) is 0 Å². The van der Waals surface area contributed by atoms with Crippen LogP contribution in [-0.2, 0) is 12.0 Å². The fourth-order valence-corrected chi connectivity index (χ4v) is 4.54. The molecule has 2 fully saturated rings. The highest BCUT2D eigenvalue weighted by Crippen LogP contribution is 2.26. The van der Waals surface area contributed by atoms with Crippen molar-refractivity contribution in [2.75, 3.05) is 31.1 Å². The molecule has 0 aliphatic carbocycles. The first kappa shape index (κ1) is 21.6. The number of likely N-dealkylation sites (tertiary alicyclic amines) is 1. The van der Waals surface area contributed by atoms with E-state index >= 15 is 0 Å². The molecule has 5 heteroatoms. The summed E-state index contributed by atoms with van der Waals surface area (Å²) in [6, 6.07) is 16.4. The summed E-state index contributed by atoms with van der Waals surface area (Å²) in [7, 11) is 0. The molecule has 5 nitrogen and oxygen atoms in total. The average molecular weight is 420 g/mol. The first-order valence-corrected chi connectivity index (χ1v) is 11.3. The third-order valence-electron chi connectivity index (χ3n) is 6.42. The molecule has 1 unspecified atom stereocenters. The van der Waals surface area contributed by atoms with E-state index in [4.69, 9.17) is 0 Å². The smallest absolute Gasteiger partial charge is 0.321 e. The van der Waals surface area contributed by atoms with E-state index in [-0.39, 0.29) is 23.1 Å². The zero-order valence-corrected chi connectivity index (χ0v) is 18.9. The van der Waals surface area contributed by atoms with Crippen molar-refractivity contribution in [3.05, 3.63) is 65.2 Å². The summed E-state index contributed by atoms with van der Waals surface area (Å²) < 4.78 is 0. The number of amides is 2. The van der Waals surface area contributed by atoms with Crippen molar-refractivity contribution >= 4 is 17.5 Å². The Morgan fingerprint density at radius 1 is 1.03 bits per heavy atom. The van der Waals surface area contributed by atoms with Crippen LogP contribution < -0.4 is 10.2 Å². The highest BCUT2D eigenvalue weighted by molar-refractivity contribution is 5.98. The number of piperidine rings is 1. The molecule has 4 rings (SSSR count). The minimum atomic E-state index is -0.0272. The number of carbonyl (C=O) groups is 2. The standard InChI is InChI=1S/C26H33N3O2/c1-26(2,3)22-10-8-20(9-11-22)24(30)21-5-4-15-28(18-21)17-19-6-12-23(13-7-19)29-16-14-27-25(29)31/h6-13,21H,4-5,14-18H2,1-3H3,(H,27,31). The predicted octanol–water partition coefficient (Wildman–Crippen LogP) is 4.61. The summed E-state index contributed by atoms with van der Waals surface area (Å²) in [5, 5.41) is 2.83.